The van der Waals surface area contributed by atoms with Crippen molar-refractivity contribution in [1.82, 2.24) is 10.3 Å². The maximum atomic E-state index is 13.6. The van der Waals surface area contributed by atoms with Crippen molar-refractivity contribution in [2.24, 2.45) is 0 Å². The van der Waals surface area contributed by atoms with Gasteiger partial charge in [0, 0.05) is 10.9 Å². The average Bonchev–Trinajstić information content (AvgIpc) is 2.90. The van der Waals surface area contributed by atoms with Crippen LogP contribution in [-0.4, -0.2) is 22.0 Å². The highest BCUT2D eigenvalue weighted by Crippen LogP contribution is 2.17. The van der Waals surface area contributed by atoms with Crippen LogP contribution in [0.5, 0.6) is 0 Å². The number of amides is 1. The number of carbonyl (C=O) groups is 2. The summed E-state index contributed by atoms with van der Waals surface area (Å²) in [5, 5.41) is 12.8. The third kappa shape index (κ3) is 2.94. The molecule has 1 amide bonds. The van der Waals surface area contributed by atoms with Crippen LogP contribution in [-0.2, 0) is 4.79 Å². The standard InChI is InChI=1S/C12H9FN2O3S/c13-8-4-2-1-3-7(8)10(12(17)18)15-11(16)9-5-19-6-14-9/h1-6,10H,(H,15,16)(H,17,18)/t10-/m1/s1. The fraction of sp³-hybridized carbons (Fsp3) is 0.0833. The van der Waals surface area contributed by atoms with Crippen molar-refractivity contribution in [3.8, 4) is 0 Å². The Labute approximate surface area is 111 Å². The zero-order valence-electron chi connectivity index (χ0n) is 9.54. The zero-order chi connectivity index (χ0) is 13.8. The number of carbonyl (C=O) groups excluding carboxylic acids is 1. The summed E-state index contributed by atoms with van der Waals surface area (Å²) in [4.78, 5) is 26.7. The van der Waals surface area contributed by atoms with Crippen LogP contribution in [0.15, 0.2) is 35.2 Å². The molecular formula is C12H9FN2O3S. The second kappa shape index (κ2) is 5.57. The molecule has 0 spiro atoms. The largest absolute Gasteiger partial charge is 0.479 e. The van der Waals surface area contributed by atoms with Crippen molar-refractivity contribution in [2.75, 3.05) is 0 Å². The molecule has 2 rings (SSSR count). The van der Waals surface area contributed by atoms with E-state index in [0.29, 0.717) is 0 Å². The molecule has 1 aromatic heterocycles. The second-order valence-corrected chi connectivity index (χ2v) is 4.36. The Hall–Kier alpha value is -2.28. The number of aliphatic carboxylic acids is 1. The van der Waals surface area contributed by atoms with Crippen LogP contribution in [0, 0.1) is 5.82 Å². The summed E-state index contributed by atoms with van der Waals surface area (Å²) < 4.78 is 13.6. The lowest BCUT2D eigenvalue weighted by Crippen LogP contribution is -2.34. The van der Waals surface area contributed by atoms with Gasteiger partial charge in [0.2, 0.25) is 0 Å². The number of carboxylic acid groups (broad SMARTS) is 1. The Balaban J connectivity index is 2.25. The molecule has 0 aliphatic carbocycles. The van der Waals surface area contributed by atoms with E-state index in [9.17, 15) is 14.0 Å². The molecule has 5 nitrogen and oxygen atoms in total. The van der Waals surface area contributed by atoms with Crippen LogP contribution in [0.4, 0.5) is 4.39 Å². The predicted molar refractivity (Wildman–Crippen MR) is 66.4 cm³/mol. The summed E-state index contributed by atoms with van der Waals surface area (Å²) in [5.74, 6) is -2.68. The van der Waals surface area contributed by atoms with Gasteiger partial charge in [0.15, 0.2) is 6.04 Å². The van der Waals surface area contributed by atoms with Gasteiger partial charge >= 0.3 is 5.97 Å². The van der Waals surface area contributed by atoms with Gasteiger partial charge in [-0.2, -0.15) is 0 Å². The highest BCUT2D eigenvalue weighted by atomic mass is 32.1. The number of nitrogens with one attached hydrogen (secondary N) is 1. The topological polar surface area (TPSA) is 79.3 Å². The number of rotatable bonds is 4. The molecule has 0 radical (unpaired) electrons. The minimum Gasteiger partial charge on any atom is -0.479 e. The van der Waals surface area contributed by atoms with Crippen LogP contribution in [0.25, 0.3) is 0 Å². The number of halogens is 1. The SMILES string of the molecule is O=C(N[C@@H](C(=O)O)c1ccccc1F)c1cscn1. The van der Waals surface area contributed by atoms with Gasteiger partial charge in [0.05, 0.1) is 5.51 Å². The molecule has 0 saturated carbocycles. The lowest BCUT2D eigenvalue weighted by Gasteiger charge is -2.14. The van der Waals surface area contributed by atoms with E-state index in [1.54, 1.807) is 0 Å². The molecule has 2 aromatic rings. The lowest BCUT2D eigenvalue weighted by atomic mass is 10.1. The van der Waals surface area contributed by atoms with E-state index < -0.39 is 23.7 Å². The van der Waals surface area contributed by atoms with Crippen LogP contribution < -0.4 is 5.32 Å². The van der Waals surface area contributed by atoms with E-state index in [1.807, 2.05) is 0 Å². The molecule has 1 aromatic carbocycles. The van der Waals surface area contributed by atoms with E-state index in [1.165, 1.54) is 40.4 Å². The van der Waals surface area contributed by atoms with Crippen molar-refractivity contribution in [2.45, 2.75) is 6.04 Å². The van der Waals surface area contributed by atoms with Gasteiger partial charge in [-0.05, 0) is 6.07 Å². The molecule has 0 fully saturated rings. The monoisotopic (exact) mass is 280 g/mol. The molecule has 0 aliphatic rings. The van der Waals surface area contributed by atoms with Gasteiger partial charge in [-0.1, -0.05) is 18.2 Å². The molecule has 0 aliphatic heterocycles. The van der Waals surface area contributed by atoms with Crippen molar-refractivity contribution < 1.29 is 19.1 Å². The van der Waals surface area contributed by atoms with Crippen molar-refractivity contribution >= 4 is 23.2 Å². The summed E-state index contributed by atoms with van der Waals surface area (Å²) >= 11 is 1.21. The third-order valence-electron chi connectivity index (χ3n) is 2.40. The van der Waals surface area contributed by atoms with Gasteiger partial charge in [-0.3, -0.25) is 4.79 Å². The number of carboxylic acids is 1. The van der Waals surface area contributed by atoms with E-state index in [-0.39, 0.29) is 11.3 Å². The molecule has 1 atom stereocenters. The van der Waals surface area contributed by atoms with Gasteiger partial charge in [-0.15, -0.1) is 11.3 Å². The number of aromatic nitrogens is 1. The summed E-state index contributed by atoms with van der Waals surface area (Å²) in [6.07, 6.45) is 0. The van der Waals surface area contributed by atoms with Crippen molar-refractivity contribution in [3.05, 3.63) is 52.2 Å². The lowest BCUT2D eigenvalue weighted by molar-refractivity contribution is -0.139. The summed E-state index contributed by atoms with van der Waals surface area (Å²) in [6, 6.07) is 3.95. The maximum absolute atomic E-state index is 13.6. The van der Waals surface area contributed by atoms with E-state index in [2.05, 4.69) is 10.3 Å². The second-order valence-electron chi connectivity index (χ2n) is 3.64. The first-order valence-electron chi connectivity index (χ1n) is 5.26. The van der Waals surface area contributed by atoms with Gasteiger partial charge in [-0.25, -0.2) is 14.2 Å². The highest BCUT2D eigenvalue weighted by Gasteiger charge is 2.25. The molecule has 0 bridgehead atoms. The van der Waals surface area contributed by atoms with Gasteiger partial charge < -0.3 is 10.4 Å². The Bertz CT molecular complexity index is 601. The minimum absolute atomic E-state index is 0.0985. The normalized spacial score (nSPS) is 11.8. The molecule has 19 heavy (non-hydrogen) atoms. The number of nitrogens with zero attached hydrogens (tertiary/aromatic N) is 1. The summed E-state index contributed by atoms with van der Waals surface area (Å²) in [5.41, 5.74) is 1.46. The summed E-state index contributed by atoms with van der Waals surface area (Å²) in [7, 11) is 0. The van der Waals surface area contributed by atoms with Gasteiger partial charge in [0.1, 0.15) is 11.5 Å². The first-order chi connectivity index (χ1) is 9.09. The first-order valence-corrected chi connectivity index (χ1v) is 6.20. The quantitative estimate of drug-likeness (QED) is 0.895. The molecule has 2 N–H and O–H groups in total. The van der Waals surface area contributed by atoms with E-state index in [0.717, 1.165) is 6.07 Å². The average molecular weight is 280 g/mol. The Morgan fingerprint density at radius 2 is 2.11 bits per heavy atom. The molecule has 7 heteroatoms. The Kier molecular flexibility index (Phi) is 3.86. The molecule has 1 heterocycles. The summed E-state index contributed by atoms with van der Waals surface area (Å²) in [6.45, 7) is 0. The van der Waals surface area contributed by atoms with Crippen LogP contribution in [0.1, 0.15) is 22.1 Å². The number of thiazole rings is 1. The Morgan fingerprint density at radius 1 is 1.37 bits per heavy atom. The predicted octanol–water partition coefficient (Wildman–Crippen LogP) is 1.84. The minimum atomic E-state index is -1.45. The van der Waals surface area contributed by atoms with Crippen LogP contribution in [0.2, 0.25) is 0 Å². The van der Waals surface area contributed by atoms with Crippen molar-refractivity contribution in [3.63, 3.8) is 0 Å². The third-order valence-corrected chi connectivity index (χ3v) is 2.99. The number of hydrogen-bond donors (Lipinski definition) is 2. The Morgan fingerprint density at radius 3 is 2.68 bits per heavy atom. The van der Waals surface area contributed by atoms with E-state index in [4.69, 9.17) is 5.11 Å². The zero-order valence-corrected chi connectivity index (χ0v) is 10.4. The number of hydrogen-bond acceptors (Lipinski definition) is 4. The first kappa shape index (κ1) is 13.2. The van der Waals surface area contributed by atoms with Crippen LogP contribution in [0.3, 0.4) is 0 Å². The van der Waals surface area contributed by atoms with Gasteiger partial charge in [0.25, 0.3) is 5.91 Å². The molecular weight excluding hydrogens is 271 g/mol. The maximum Gasteiger partial charge on any atom is 0.331 e. The number of benzene rings is 1. The van der Waals surface area contributed by atoms with E-state index >= 15 is 0 Å². The smallest absolute Gasteiger partial charge is 0.331 e. The van der Waals surface area contributed by atoms with Crippen LogP contribution >= 0.6 is 11.3 Å². The fourth-order valence-electron chi connectivity index (χ4n) is 1.51. The molecule has 0 saturated heterocycles. The van der Waals surface area contributed by atoms with Crippen molar-refractivity contribution in [1.29, 1.82) is 0 Å². The highest BCUT2D eigenvalue weighted by molar-refractivity contribution is 7.07. The molecule has 98 valence electrons. The molecule has 0 unspecified atom stereocenters. The fourth-order valence-corrected chi connectivity index (χ4v) is 2.04.